The third-order valence-electron chi connectivity index (χ3n) is 3.67. The molecule has 2 amide bonds. The van der Waals surface area contributed by atoms with Gasteiger partial charge in [0.2, 0.25) is 0 Å². The average molecular weight is 389 g/mol. The van der Waals surface area contributed by atoms with Gasteiger partial charge in [0.1, 0.15) is 6.04 Å². The Morgan fingerprint density at radius 3 is 2.33 bits per heavy atom. The molecule has 0 spiro atoms. The van der Waals surface area contributed by atoms with Gasteiger partial charge in [-0.05, 0) is 56.2 Å². The summed E-state index contributed by atoms with van der Waals surface area (Å²) in [6.07, 6.45) is 0. The van der Waals surface area contributed by atoms with Crippen LogP contribution in [-0.2, 0) is 14.3 Å². The zero-order valence-corrected chi connectivity index (χ0v) is 16.1. The number of carbonyl (C=O) groups excluding carboxylic acids is 3. The van der Waals surface area contributed by atoms with Crippen LogP contribution in [-0.4, -0.2) is 30.4 Å². The minimum absolute atomic E-state index is 0.256. The molecule has 7 heteroatoms. The van der Waals surface area contributed by atoms with E-state index in [-0.39, 0.29) is 10.6 Å². The molecule has 2 N–H and O–H groups in total. The fraction of sp³-hybridized carbons (Fsp3) is 0.250. The average Bonchev–Trinajstić information content (AvgIpc) is 2.58. The van der Waals surface area contributed by atoms with Crippen molar-refractivity contribution in [2.45, 2.75) is 26.8 Å². The molecule has 0 aliphatic carbocycles. The summed E-state index contributed by atoms with van der Waals surface area (Å²) in [5.41, 5.74) is 2.91. The second kappa shape index (κ2) is 9.19. The zero-order chi connectivity index (χ0) is 20.0. The molecular weight excluding hydrogens is 368 g/mol. The number of esters is 1. The lowest BCUT2D eigenvalue weighted by Crippen LogP contribution is -2.40. The van der Waals surface area contributed by atoms with Crippen molar-refractivity contribution in [1.82, 2.24) is 5.32 Å². The molecule has 0 unspecified atom stereocenters. The Hall–Kier alpha value is -2.86. The molecule has 1 atom stereocenters. The molecule has 142 valence electrons. The van der Waals surface area contributed by atoms with Crippen LogP contribution in [0.25, 0.3) is 0 Å². The van der Waals surface area contributed by atoms with Gasteiger partial charge in [-0.25, -0.2) is 4.79 Å². The SMILES string of the molecule is Cc1cc(C)cc(NC(=O)COC(=O)[C@H](C)NC(=O)c2ccccc2Cl)c1. The van der Waals surface area contributed by atoms with E-state index in [2.05, 4.69) is 10.6 Å². The lowest BCUT2D eigenvalue weighted by atomic mass is 10.1. The van der Waals surface area contributed by atoms with Crippen LogP contribution in [0, 0.1) is 13.8 Å². The first kappa shape index (κ1) is 20.5. The highest BCUT2D eigenvalue weighted by Crippen LogP contribution is 2.15. The van der Waals surface area contributed by atoms with Crippen molar-refractivity contribution in [3.05, 3.63) is 64.2 Å². The third-order valence-corrected chi connectivity index (χ3v) is 4.00. The zero-order valence-electron chi connectivity index (χ0n) is 15.3. The molecule has 0 radical (unpaired) electrons. The van der Waals surface area contributed by atoms with Crippen molar-refractivity contribution in [2.24, 2.45) is 0 Å². The number of aryl methyl sites for hydroxylation is 2. The molecule has 0 heterocycles. The number of amides is 2. The van der Waals surface area contributed by atoms with E-state index in [1.54, 1.807) is 24.3 Å². The van der Waals surface area contributed by atoms with Crippen molar-refractivity contribution in [1.29, 1.82) is 0 Å². The van der Waals surface area contributed by atoms with Gasteiger partial charge in [-0.2, -0.15) is 0 Å². The van der Waals surface area contributed by atoms with Gasteiger partial charge in [0, 0.05) is 5.69 Å². The van der Waals surface area contributed by atoms with Gasteiger partial charge in [-0.1, -0.05) is 29.8 Å². The van der Waals surface area contributed by atoms with Crippen LogP contribution < -0.4 is 10.6 Å². The molecule has 0 bridgehead atoms. The monoisotopic (exact) mass is 388 g/mol. The Balaban J connectivity index is 1.84. The minimum atomic E-state index is -0.928. The molecular formula is C20H21ClN2O4. The maximum atomic E-state index is 12.1. The molecule has 0 saturated carbocycles. The van der Waals surface area contributed by atoms with Gasteiger partial charge in [0.05, 0.1) is 10.6 Å². The Kier molecular flexibility index (Phi) is 6.96. The summed E-state index contributed by atoms with van der Waals surface area (Å²) >= 11 is 5.95. The van der Waals surface area contributed by atoms with Crippen LogP contribution in [0.1, 0.15) is 28.4 Å². The summed E-state index contributed by atoms with van der Waals surface area (Å²) in [6.45, 7) is 4.87. The third kappa shape index (κ3) is 6.11. The molecule has 2 aromatic carbocycles. The summed E-state index contributed by atoms with van der Waals surface area (Å²) in [7, 11) is 0. The van der Waals surface area contributed by atoms with Crippen LogP contribution in [0.2, 0.25) is 5.02 Å². The normalized spacial score (nSPS) is 11.4. The number of nitrogens with one attached hydrogen (secondary N) is 2. The number of halogens is 1. The van der Waals surface area contributed by atoms with E-state index in [0.717, 1.165) is 11.1 Å². The van der Waals surface area contributed by atoms with Gasteiger partial charge < -0.3 is 15.4 Å². The number of carbonyl (C=O) groups is 3. The molecule has 0 aromatic heterocycles. The first-order valence-corrected chi connectivity index (χ1v) is 8.74. The summed E-state index contributed by atoms with van der Waals surface area (Å²) in [4.78, 5) is 36.1. The topological polar surface area (TPSA) is 84.5 Å². The quantitative estimate of drug-likeness (QED) is 0.744. The molecule has 0 aliphatic rings. The summed E-state index contributed by atoms with van der Waals surface area (Å²) in [6, 6.07) is 11.2. The van der Waals surface area contributed by atoms with Crippen molar-refractivity contribution in [3.63, 3.8) is 0 Å². The van der Waals surface area contributed by atoms with Gasteiger partial charge in [-0.15, -0.1) is 0 Å². The highest BCUT2D eigenvalue weighted by molar-refractivity contribution is 6.33. The molecule has 0 saturated heterocycles. The number of rotatable bonds is 6. The summed E-state index contributed by atoms with van der Waals surface area (Å²) < 4.78 is 4.97. The van der Waals surface area contributed by atoms with Gasteiger partial charge >= 0.3 is 5.97 Å². The lowest BCUT2D eigenvalue weighted by Gasteiger charge is -2.14. The van der Waals surface area contributed by atoms with E-state index in [4.69, 9.17) is 16.3 Å². The fourth-order valence-corrected chi connectivity index (χ4v) is 2.71. The number of anilines is 1. The second-order valence-electron chi connectivity index (χ2n) is 6.21. The van der Waals surface area contributed by atoms with E-state index in [9.17, 15) is 14.4 Å². The molecule has 0 fully saturated rings. The van der Waals surface area contributed by atoms with Crippen LogP contribution in [0.3, 0.4) is 0 Å². The fourth-order valence-electron chi connectivity index (χ4n) is 2.48. The molecule has 0 aliphatic heterocycles. The van der Waals surface area contributed by atoms with Crippen molar-refractivity contribution < 1.29 is 19.1 Å². The first-order chi connectivity index (χ1) is 12.8. The Morgan fingerprint density at radius 2 is 1.70 bits per heavy atom. The maximum Gasteiger partial charge on any atom is 0.328 e. The number of benzene rings is 2. The summed E-state index contributed by atoms with van der Waals surface area (Å²) in [5.74, 6) is -1.67. The van der Waals surface area contributed by atoms with Crippen molar-refractivity contribution in [3.8, 4) is 0 Å². The van der Waals surface area contributed by atoms with E-state index < -0.39 is 30.4 Å². The highest BCUT2D eigenvalue weighted by atomic mass is 35.5. The maximum absolute atomic E-state index is 12.1. The smallest absolute Gasteiger partial charge is 0.328 e. The minimum Gasteiger partial charge on any atom is -0.454 e. The van der Waals surface area contributed by atoms with Gasteiger partial charge in [0.25, 0.3) is 11.8 Å². The number of hydrogen-bond acceptors (Lipinski definition) is 4. The van der Waals surface area contributed by atoms with Gasteiger partial charge in [0.15, 0.2) is 6.61 Å². The Bertz CT molecular complexity index is 847. The lowest BCUT2D eigenvalue weighted by molar-refractivity contribution is -0.148. The second-order valence-corrected chi connectivity index (χ2v) is 6.61. The number of ether oxygens (including phenoxy) is 1. The van der Waals surface area contributed by atoms with Crippen molar-refractivity contribution >= 4 is 35.1 Å². The van der Waals surface area contributed by atoms with E-state index in [0.29, 0.717) is 5.69 Å². The highest BCUT2D eigenvalue weighted by Gasteiger charge is 2.20. The van der Waals surface area contributed by atoms with Crippen LogP contribution in [0.4, 0.5) is 5.69 Å². The van der Waals surface area contributed by atoms with Crippen LogP contribution in [0.5, 0.6) is 0 Å². The molecule has 2 aromatic rings. The Labute approximate surface area is 162 Å². The standard InChI is InChI=1S/C20H21ClN2O4/c1-12-8-13(2)10-15(9-12)23-18(24)11-27-20(26)14(3)22-19(25)16-6-4-5-7-17(16)21/h4-10,14H,11H2,1-3H3,(H,22,25)(H,23,24)/t14-/m0/s1. The van der Waals surface area contributed by atoms with E-state index >= 15 is 0 Å². The first-order valence-electron chi connectivity index (χ1n) is 8.36. The molecule has 27 heavy (non-hydrogen) atoms. The van der Waals surface area contributed by atoms with E-state index in [1.807, 2.05) is 32.0 Å². The van der Waals surface area contributed by atoms with Crippen LogP contribution in [0.15, 0.2) is 42.5 Å². The predicted octanol–water partition coefficient (Wildman–Crippen LogP) is 3.26. The Morgan fingerprint density at radius 1 is 1.07 bits per heavy atom. The molecule has 6 nitrogen and oxygen atoms in total. The predicted molar refractivity (Wildman–Crippen MR) is 104 cm³/mol. The van der Waals surface area contributed by atoms with Crippen molar-refractivity contribution in [2.75, 3.05) is 11.9 Å². The molecule has 2 rings (SSSR count). The van der Waals surface area contributed by atoms with Crippen LogP contribution >= 0.6 is 11.6 Å². The van der Waals surface area contributed by atoms with E-state index in [1.165, 1.54) is 6.92 Å². The largest absolute Gasteiger partial charge is 0.454 e. The number of hydrogen-bond donors (Lipinski definition) is 2. The summed E-state index contributed by atoms with van der Waals surface area (Å²) in [5, 5.41) is 5.45. The van der Waals surface area contributed by atoms with Gasteiger partial charge in [-0.3, -0.25) is 9.59 Å².